The van der Waals surface area contributed by atoms with Crippen molar-refractivity contribution in [1.29, 1.82) is 0 Å². The van der Waals surface area contributed by atoms with Gasteiger partial charge in [0.2, 0.25) is 0 Å². The first-order valence-electron chi connectivity index (χ1n) is 4.91. The van der Waals surface area contributed by atoms with Crippen LogP contribution < -0.4 is 0 Å². The molecule has 0 amide bonds. The molecule has 0 aliphatic carbocycles. The quantitative estimate of drug-likeness (QED) is 0.778. The van der Waals surface area contributed by atoms with E-state index in [1.54, 1.807) is 18.6 Å². The van der Waals surface area contributed by atoms with Gasteiger partial charge in [-0.1, -0.05) is 0 Å². The Morgan fingerprint density at radius 3 is 3.00 bits per heavy atom. The fourth-order valence-corrected chi connectivity index (χ4v) is 1.53. The molecule has 2 aromatic heterocycles. The van der Waals surface area contributed by atoms with Crippen molar-refractivity contribution in [3.8, 4) is 0 Å². The summed E-state index contributed by atoms with van der Waals surface area (Å²) in [5.41, 5.74) is 1.11. The molecule has 2 N–H and O–H groups in total. The molecule has 0 saturated heterocycles. The van der Waals surface area contributed by atoms with Crippen molar-refractivity contribution >= 4 is 0 Å². The number of aliphatic hydroxyl groups is 1. The van der Waals surface area contributed by atoms with Crippen molar-refractivity contribution in [3.05, 3.63) is 36.2 Å². The standard InChI is InChI=1S/C10H14N4O/c1-14-8(4-5-13-14)2-3-9(15)10-11-6-7-12-10/h4-7,9,15H,2-3H2,1H3,(H,11,12). The Labute approximate surface area is 87.8 Å². The number of aromatic amines is 1. The average Bonchev–Trinajstić information content (AvgIpc) is 2.85. The highest BCUT2D eigenvalue weighted by Crippen LogP contribution is 2.14. The minimum atomic E-state index is -0.533. The van der Waals surface area contributed by atoms with E-state index in [0.717, 1.165) is 12.1 Å². The van der Waals surface area contributed by atoms with Crippen molar-refractivity contribution in [2.24, 2.45) is 7.05 Å². The monoisotopic (exact) mass is 206 g/mol. The summed E-state index contributed by atoms with van der Waals surface area (Å²) in [6.07, 6.45) is 6.01. The summed E-state index contributed by atoms with van der Waals surface area (Å²) in [5, 5.41) is 13.8. The highest BCUT2D eigenvalue weighted by atomic mass is 16.3. The van der Waals surface area contributed by atoms with Crippen LogP contribution in [0.4, 0.5) is 0 Å². The number of aryl methyl sites for hydroxylation is 2. The van der Waals surface area contributed by atoms with Gasteiger partial charge < -0.3 is 10.1 Å². The van der Waals surface area contributed by atoms with Crippen molar-refractivity contribution < 1.29 is 5.11 Å². The van der Waals surface area contributed by atoms with Gasteiger partial charge in [-0.15, -0.1) is 0 Å². The molecule has 0 aliphatic heterocycles. The van der Waals surface area contributed by atoms with E-state index in [2.05, 4.69) is 15.1 Å². The van der Waals surface area contributed by atoms with Gasteiger partial charge in [-0.2, -0.15) is 5.10 Å². The van der Waals surface area contributed by atoms with Crippen LogP contribution in [0.15, 0.2) is 24.7 Å². The molecule has 1 unspecified atom stereocenters. The molecule has 1 atom stereocenters. The van der Waals surface area contributed by atoms with Crippen molar-refractivity contribution in [1.82, 2.24) is 19.7 Å². The summed E-state index contributed by atoms with van der Waals surface area (Å²) in [4.78, 5) is 6.91. The Bertz CT molecular complexity index is 407. The van der Waals surface area contributed by atoms with Crippen LogP contribution in [0.3, 0.4) is 0 Å². The Kier molecular flexibility index (Phi) is 2.82. The molecular weight excluding hydrogens is 192 g/mol. The van der Waals surface area contributed by atoms with Crippen LogP contribution in [0.25, 0.3) is 0 Å². The van der Waals surface area contributed by atoms with E-state index in [1.807, 2.05) is 17.8 Å². The van der Waals surface area contributed by atoms with E-state index >= 15 is 0 Å². The molecule has 0 spiro atoms. The highest BCUT2D eigenvalue weighted by molar-refractivity contribution is 5.01. The topological polar surface area (TPSA) is 66.7 Å². The molecule has 0 bridgehead atoms. The van der Waals surface area contributed by atoms with Gasteiger partial charge in [-0.05, 0) is 18.9 Å². The third-order valence-electron chi connectivity index (χ3n) is 2.43. The summed E-state index contributed by atoms with van der Waals surface area (Å²) in [6, 6.07) is 1.95. The molecule has 15 heavy (non-hydrogen) atoms. The largest absolute Gasteiger partial charge is 0.385 e. The number of hydrogen-bond donors (Lipinski definition) is 2. The fraction of sp³-hybridized carbons (Fsp3) is 0.400. The third kappa shape index (κ3) is 2.24. The zero-order chi connectivity index (χ0) is 10.7. The van der Waals surface area contributed by atoms with Crippen molar-refractivity contribution in [2.75, 3.05) is 0 Å². The molecule has 0 saturated carbocycles. The zero-order valence-corrected chi connectivity index (χ0v) is 8.59. The second kappa shape index (κ2) is 4.27. The van der Waals surface area contributed by atoms with Gasteiger partial charge in [-0.3, -0.25) is 4.68 Å². The number of imidazole rings is 1. The Balaban J connectivity index is 1.91. The van der Waals surface area contributed by atoms with E-state index < -0.39 is 6.10 Å². The molecular formula is C10H14N4O. The van der Waals surface area contributed by atoms with Crippen LogP contribution in [0, 0.1) is 0 Å². The van der Waals surface area contributed by atoms with E-state index in [4.69, 9.17) is 0 Å². The number of nitrogens with one attached hydrogen (secondary N) is 1. The molecule has 80 valence electrons. The molecule has 0 radical (unpaired) electrons. The van der Waals surface area contributed by atoms with Crippen molar-refractivity contribution in [3.63, 3.8) is 0 Å². The van der Waals surface area contributed by atoms with Crippen LogP contribution in [0.5, 0.6) is 0 Å². The molecule has 2 aromatic rings. The number of hydrogen-bond acceptors (Lipinski definition) is 3. The van der Waals surface area contributed by atoms with Gasteiger partial charge in [0.1, 0.15) is 11.9 Å². The zero-order valence-electron chi connectivity index (χ0n) is 8.59. The predicted molar refractivity (Wildman–Crippen MR) is 55.1 cm³/mol. The number of aliphatic hydroxyl groups excluding tert-OH is 1. The summed E-state index contributed by atoms with van der Waals surface area (Å²) in [5.74, 6) is 0.622. The Morgan fingerprint density at radius 1 is 1.53 bits per heavy atom. The minimum Gasteiger partial charge on any atom is -0.385 e. The third-order valence-corrected chi connectivity index (χ3v) is 2.43. The molecule has 0 aliphatic rings. The van der Waals surface area contributed by atoms with Crippen LogP contribution in [0.2, 0.25) is 0 Å². The lowest BCUT2D eigenvalue weighted by Gasteiger charge is -2.07. The number of aromatic nitrogens is 4. The Morgan fingerprint density at radius 2 is 2.40 bits per heavy atom. The lowest BCUT2D eigenvalue weighted by Crippen LogP contribution is -2.04. The SMILES string of the molecule is Cn1nccc1CCC(O)c1ncc[nH]1. The van der Waals surface area contributed by atoms with Crippen LogP contribution in [-0.4, -0.2) is 24.9 Å². The second-order valence-corrected chi connectivity index (χ2v) is 3.48. The molecule has 2 heterocycles. The molecule has 2 rings (SSSR count). The van der Waals surface area contributed by atoms with E-state index in [9.17, 15) is 5.11 Å². The van der Waals surface area contributed by atoms with Crippen LogP contribution in [0.1, 0.15) is 24.0 Å². The van der Waals surface area contributed by atoms with Gasteiger partial charge in [-0.25, -0.2) is 4.98 Å². The summed E-state index contributed by atoms with van der Waals surface area (Å²) in [6.45, 7) is 0. The second-order valence-electron chi connectivity index (χ2n) is 3.48. The van der Waals surface area contributed by atoms with E-state index in [1.165, 1.54) is 0 Å². The first-order valence-corrected chi connectivity index (χ1v) is 4.91. The predicted octanol–water partition coefficient (Wildman–Crippen LogP) is 0.809. The molecule has 5 heteroatoms. The molecule has 0 fully saturated rings. The summed E-state index contributed by atoms with van der Waals surface area (Å²) < 4.78 is 1.81. The van der Waals surface area contributed by atoms with Gasteiger partial charge in [0, 0.05) is 31.3 Å². The van der Waals surface area contributed by atoms with Crippen LogP contribution in [-0.2, 0) is 13.5 Å². The first kappa shape index (κ1) is 9.92. The number of H-pyrrole nitrogens is 1. The van der Waals surface area contributed by atoms with Gasteiger partial charge >= 0.3 is 0 Å². The van der Waals surface area contributed by atoms with Crippen molar-refractivity contribution in [2.45, 2.75) is 18.9 Å². The van der Waals surface area contributed by atoms with Crippen LogP contribution >= 0.6 is 0 Å². The smallest absolute Gasteiger partial charge is 0.135 e. The van der Waals surface area contributed by atoms with Gasteiger partial charge in [0.15, 0.2) is 0 Å². The minimum absolute atomic E-state index is 0.533. The highest BCUT2D eigenvalue weighted by Gasteiger charge is 2.10. The maximum Gasteiger partial charge on any atom is 0.135 e. The average molecular weight is 206 g/mol. The lowest BCUT2D eigenvalue weighted by molar-refractivity contribution is 0.158. The lowest BCUT2D eigenvalue weighted by atomic mass is 10.1. The normalized spacial score (nSPS) is 12.9. The van der Waals surface area contributed by atoms with E-state index in [0.29, 0.717) is 12.2 Å². The maximum atomic E-state index is 9.78. The number of rotatable bonds is 4. The summed E-state index contributed by atoms with van der Waals surface area (Å²) in [7, 11) is 1.90. The number of nitrogens with zero attached hydrogens (tertiary/aromatic N) is 3. The van der Waals surface area contributed by atoms with Gasteiger partial charge in [0.05, 0.1) is 0 Å². The summed E-state index contributed by atoms with van der Waals surface area (Å²) >= 11 is 0. The molecule has 5 nitrogen and oxygen atoms in total. The first-order chi connectivity index (χ1) is 7.27. The van der Waals surface area contributed by atoms with Gasteiger partial charge in [0.25, 0.3) is 0 Å². The fourth-order valence-electron chi connectivity index (χ4n) is 1.53. The van der Waals surface area contributed by atoms with E-state index in [-0.39, 0.29) is 0 Å². The molecule has 0 aromatic carbocycles. The Hall–Kier alpha value is -1.62. The maximum absolute atomic E-state index is 9.78.